The average Bonchev–Trinajstić information content (AvgIpc) is 0.819. The Hall–Kier alpha value is -9.85. The van der Waals surface area contributed by atoms with Crippen LogP contribution in [0, 0.1) is 35.5 Å². The first-order valence-electron chi connectivity index (χ1n) is 39.2. The van der Waals surface area contributed by atoms with Crippen molar-refractivity contribution in [2.75, 3.05) is 75.0 Å². The van der Waals surface area contributed by atoms with Crippen LogP contribution in [0.2, 0.25) is 0 Å². The lowest BCUT2D eigenvalue weighted by atomic mass is 9.83. The van der Waals surface area contributed by atoms with Gasteiger partial charge in [-0.25, -0.2) is 0 Å². The van der Waals surface area contributed by atoms with E-state index in [9.17, 15) is 53.1 Å². The Morgan fingerprint density at radius 3 is 1.63 bits per heavy atom. The molecule has 2 fully saturated rings. The molecule has 4 aromatic carbocycles. The van der Waals surface area contributed by atoms with Crippen molar-refractivity contribution in [3.8, 4) is 0 Å². The molecule has 2 saturated heterocycles. The zero-order chi connectivity index (χ0) is 81.9. The molecule has 606 valence electrons. The van der Waals surface area contributed by atoms with Crippen molar-refractivity contribution in [3.63, 3.8) is 0 Å². The molecule has 111 heavy (non-hydrogen) atoms. The quantitative estimate of drug-likeness (QED) is 0.0645. The van der Waals surface area contributed by atoms with E-state index in [0.717, 1.165) is 35.3 Å². The molecular weight excluding hydrogens is 1410 g/mol. The van der Waals surface area contributed by atoms with Crippen LogP contribution in [0.5, 0.6) is 0 Å². The highest BCUT2D eigenvalue weighted by atomic mass is 16.3. The van der Waals surface area contributed by atoms with Crippen LogP contribution in [-0.2, 0) is 88.0 Å². The number of likely N-dealkylation sites (N-methyl/N-ethyl adjacent to an activating group) is 5. The number of piperidine rings is 1. The number of hydrogen-bond acceptors (Lipinski definition) is 14. The molecule has 0 aromatic heterocycles. The second kappa shape index (κ2) is 43.7. The summed E-state index contributed by atoms with van der Waals surface area (Å²) in [5.74, 6) is -11.5. The lowest BCUT2D eigenvalue weighted by Gasteiger charge is -2.36. The fraction of sp³-hybridized carbons (Fsp3) is 0.565. The Morgan fingerprint density at radius 2 is 1.10 bits per heavy atom. The summed E-state index contributed by atoms with van der Waals surface area (Å²) in [5, 5.41) is 25.4. The maximum Gasteiger partial charge on any atom is 0.246 e. The van der Waals surface area contributed by atoms with Crippen LogP contribution in [0.3, 0.4) is 0 Å². The van der Waals surface area contributed by atoms with Gasteiger partial charge in [-0.15, -0.1) is 0 Å². The zero-order valence-corrected chi connectivity index (χ0v) is 67.8. The summed E-state index contributed by atoms with van der Waals surface area (Å²) >= 11 is 0. The summed E-state index contributed by atoms with van der Waals surface area (Å²) in [5.41, 5.74) is 2.82. The monoisotopic (exact) mass is 1530 g/mol. The number of nitrogens with zero attached hydrogens (tertiary/aromatic N) is 7. The third kappa shape index (κ3) is 27.0. The number of carbonyl (C=O) groups excluding carboxylic acids is 13. The van der Waals surface area contributed by atoms with Crippen LogP contribution >= 0.6 is 0 Å². The molecule has 6 rings (SSSR count). The highest BCUT2D eigenvalue weighted by molar-refractivity contribution is 5.98. The van der Waals surface area contributed by atoms with Crippen LogP contribution in [0.4, 0.5) is 0 Å². The molecule has 0 radical (unpaired) electrons. The van der Waals surface area contributed by atoms with Crippen LogP contribution in [0.1, 0.15) is 142 Å². The van der Waals surface area contributed by atoms with Gasteiger partial charge in [-0.05, 0) is 86.0 Å². The van der Waals surface area contributed by atoms with Crippen molar-refractivity contribution in [3.05, 3.63) is 144 Å². The number of likely N-dealkylation sites (tertiary alicyclic amines) is 1. The molecule has 0 spiro atoms. The number of Topliss-reactive ketones (excluding diaryl/α,β-unsaturated/α-hetero) is 1. The first kappa shape index (κ1) is 90.0. The molecule has 6 N–H and O–H groups in total. The number of benzene rings is 4. The van der Waals surface area contributed by atoms with Crippen molar-refractivity contribution >= 4 is 76.7 Å². The van der Waals surface area contributed by atoms with Crippen LogP contribution < -0.4 is 26.6 Å². The number of rotatable bonds is 20. The van der Waals surface area contributed by atoms with Gasteiger partial charge in [0.05, 0.1) is 18.4 Å². The second-order valence-electron chi connectivity index (χ2n) is 31.5. The number of amides is 12. The number of ketones is 1. The van der Waals surface area contributed by atoms with Gasteiger partial charge >= 0.3 is 0 Å². The van der Waals surface area contributed by atoms with E-state index >= 15 is 14.4 Å². The molecule has 2 aliphatic heterocycles. The summed E-state index contributed by atoms with van der Waals surface area (Å²) < 4.78 is 0. The summed E-state index contributed by atoms with van der Waals surface area (Å²) in [6, 6.07) is 26.6. The van der Waals surface area contributed by atoms with Gasteiger partial charge in [0.15, 0.2) is 0 Å². The molecule has 12 amide bonds. The Kier molecular flexibility index (Phi) is 35.4. The molecule has 26 nitrogen and oxygen atoms in total. The van der Waals surface area contributed by atoms with Crippen molar-refractivity contribution in [1.82, 2.24) is 60.9 Å². The zero-order valence-electron chi connectivity index (χ0n) is 67.8. The van der Waals surface area contributed by atoms with Gasteiger partial charge in [-0.2, -0.15) is 0 Å². The predicted molar refractivity (Wildman–Crippen MR) is 424 cm³/mol. The van der Waals surface area contributed by atoms with Gasteiger partial charge in [0.2, 0.25) is 70.9 Å². The maximum absolute atomic E-state index is 15.5. The SMILES string of the molecule is CC(C)C[C@H]1C(=O)NCCC(=O)N[C@H](C(=O)N(C)[C@@H](Cc2ccccc2)C(=O)N(C)[C@@H](Cc2ccccc2)C(=O)N[C@@H](C)C(=O)N2CCCCC2)CC(=O)NC[C@H](C(C)C)C(=O)C[C@@H]([C@@H](C)O)CC(=O)N(C)C[C@@H](C)C(=O)N(C)[C@@H](Cc2ccccc2)C(=O)N[C@@H](C(C)C)C(=O)N(C)[C@@H](Cc2ccccc2)CC(=O)N1C. The minimum Gasteiger partial charge on any atom is -0.393 e. The van der Waals surface area contributed by atoms with E-state index in [-0.39, 0.29) is 82.8 Å². The maximum atomic E-state index is 15.5. The summed E-state index contributed by atoms with van der Waals surface area (Å²) in [4.78, 5) is 201. The number of nitrogens with one attached hydrogen (secondary N) is 5. The number of carbonyl (C=O) groups is 13. The van der Waals surface area contributed by atoms with E-state index in [4.69, 9.17) is 0 Å². The lowest BCUT2D eigenvalue weighted by Crippen LogP contribution is -2.60. The van der Waals surface area contributed by atoms with Crippen LogP contribution in [0.25, 0.3) is 0 Å². The van der Waals surface area contributed by atoms with Gasteiger partial charge in [0, 0.05) is 138 Å². The van der Waals surface area contributed by atoms with Crippen molar-refractivity contribution in [1.29, 1.82) is 0 Å². The van der Waals surface area contributed by atoms with E-state index in [1.54, 1.807) is 120 Å². The van der Waals surface area contributed by atoms with Gasteiger partial charge in [0.25, 0.3) is 0 Å². The molecule has 12 atom stereocenters. The third-order valence-electron chi connectivity index (χ3n) is 21.6. The fourth-order valence-electron chi connectivity index (χ4n) is 14.4. The first-order chi connectivity index (χ1) is 52.6. The molecule has 0 bridgehead atoms. The van der Waals surface area contributed by atoms with E-state index in [1.807, 2.05) is 68.4 Å². The minimum atomic E-state index is -1.71. The van der Waals surface area contributed by atoms with Gasteiger partial charge in [-0.3, -0.25) is 62.3 Å². The number of aliphatic hydroxyl groups excluding tert-OH is 1. The molecular formula is C85H122N12O14. The fourth-order valence-corrected chi connectivity index (χ4v) is 14.4. The third-order valence-corrected chi connectivity index (χ3v) is 21.6. The minimum absolute atomic E-state index is 0.0127. The summed E-state index contributed by atoms with van der Waals surface area (Å²) in [7, 11) is 8.84. The van der Waals surface area contributed by atoms with E-state index in [1.165, 1.54) is 66.7 Å². The normalized spacial score (nSPS) is 22.7. The van der Waals surface area contributed by atoms with Crippen molar-refractivity contribution in [2.24, 2.45) is 35.5 Å². The average molecular weight is 1540 g/mol. The highest BCUT2D eigenvalue weighted by Crippen LogP contribution is 2.26. The van der Waals surface area contributed by atoms with E-state index < -0.39 is 168 Å². The molecule has 2 heterocycles. The molecule has 0 aliphatic carbocycles. The molecule has 2 aliphatic rings. The second-order valence-corrected chi connectivity index (χ2v) is 31.5. The van der Waals surface area contributed by atoms with Crippen molar-refractivity contribution in [2.45, 2.75) is 200 Å². The van der Waals surface area contributed by atoms with Crippen molar-refractivity contribution < 1.29 is 67.4 Å². The Balaban J connectivity index is 1.38. The Labute approximate surface area is 656 Å². The molecule has 26 heteroatoms. The van der Waals surface area contributed by atoms with Crippen LogP contribution in [-0.4, -0.2) is 246 Å². The van der Waals surface area contributed by atoms with Gasteiger partial charge < -0.3 is 66.0 Å². The molecule has 0 unspecified atom stereocenters. The largest absolute Gasteiger partial charge is 0.393 e. The van der Waals surface area contributed by atoms with E-state index in [0.29, 0.717) is 24.2 Å². The Morgan fingerprint density at radius 1 is 0.559 bits per heavy atom. The Bertz CT molecular complexity index is 3770. The number of aliphatic hydroxyl groups is 1. The van der Waals surface area contributed by atoms with E-state index in [2.05, 4.69) is 26.6 Å². The predicted octanol–water partition coefficient (Wildman–Crippen LogP) is 5.41. The summed E-state index contributed by atoms with van der Waals surface area (Å²) in [6.07, 6.45) is -0.299. The number of hydrogen-bond donors (Lipinski definition) is 6. The first-order valence-corrected chi connectivity index (χ1v) is 39.2. The molecule has 0 saturated carbocycles. The van der Waals surface area contributed by atoms with Gasteiger partial charge in [0.1, 0.15) is 48.1 Å². The topological polar surface area (TPSA) is 325 Å². The molecule has 4 aromatic rings. The van der Waals surface area contributed by atoms with Gasteiger partial charge in [-0.1, -0.05) is 170 Å². The standard InChI is InChI=1S/C85H122N12O14/c1-54(2)43-68-78(104)86-40-39-73(100)89-67(83(109)96(15)71(47-63-37-27-19-28-38-63)84(110)95(14)69(45-61-33-23-17-24-34-61)79(105)88-58(8)82(108)97-41-29-20-30-42-97)51-74(101)87-52-66(55(3)4)72(99)48-64(59(9)98)49-75(102)91(10)53-57(7)81(107)94(13)70(46-62-35-25-18-26-36-62)80(106)90-77(56(5)6)85(111)92(11)65(50-76(103)93(68)12)44-60-31-21-16-22-32-60/h16-19,21-28,31-38,54-59,64-71,77,98H,20,29-30,39-53H2,1-15H3,(H,86,104)(H,87,101)(H,88,105)(H,89,100)(H,90,106)/t57-,58+,59-,64-,65+,66-,67+,68+,69+,70+,71+,77+/m1/s1. The van der Waals surface area contributed by atoms with Crippen LogP contribution in [0.15, 0.2) is 121 Å². The lowest BCUT2D eigenvalue weighted by molar-refractivity contribution is -0.149. The smallest absolute Gasteiger partial charge is 0.246 e. The highest BCUT2D eigenvalue weighted by Gasteiger charge is 2.42. The summed E-state index contributed by atoms with van der Waals surface area (Å²) in [6.45, 7) is 15.9.